The Morgan fingerprint density at radius 2 is 1.94 bits per heavy atom. The molecule has 9 heteroatoms. The monoisotopic (exact) mass is 440 g/mol. The number of urea groups is 1. The molecule has 2 N–H and O–H groups in total. The van der Waals surface area contributed by atoms with Crippen molar-refractivity contribution in [1.82, 2.24) is 15.1 Å². The Kier molecular flexibility index (Phi) is 5.75. The fourth-order valence-electron chi connectivity index (χ4n) is 3.95. The van der Waals surface area contributed by atoms with Crippen molar-refractivity contribution in [1.29, 1.82) is 0 Å². The number of carbonyl (C=O) groups excluding carboxylic acids is 4. The van der Waals surface area contributed by atoms with E-state index in [1.54, 1.807) is 36.4 Å². The first-order valence-electron chi connectivity index (χ1n) is 9.86. The van der Waals surface area contributed by atoms with E-state index in [1.807, 2.05) is 11.0 Å². The molecule has 1 saturated heterocycles. The molecule has 2 aromatic rings. The van der Waals surface area contributed by atoms with E-state index in [4.69, 9.17) is 11.6 Å². The van der Waals surface area contributed by atoms with Gasteiger partial charge in [-0.2, -0.15) is 0 Å². The smallest absolute Gasteiger partial charge is 0.307 e. The second kappa shape index (κ2) is 8.49. The van der Waals surface area contributed by atoms with E-state index in [-0.39, 0.29) is 11.8 Å². The lowest BCUT2D eigenvalue weighted by Gasteiger charge is -2.29. The van der Waals surface area contributed by atoms with Gasteiger partial charge >= 0.3 is 6.03 Å². The molecular weight excluding hydrogens is 420 g/mol. The van der Waals surface area contributed by atoms with Gasteiger partial charge in [-0.15, -0.1) is 0 Å². The topological polar surface area (TPSA) is 98.8 Å². The number of hydrogen-bond acceptors (Lipinski definition) is 5. The van der Waals surface area contributed by atoms with Gasteiger partial charge in [-0.1, -0.05) is 29.8 Å². The largest absolute Gasteiger partial charge is 0.328 e. The lowest BCUT2D eigenvalue weighted by molar-refractivity contribution is -0.137. The van der Waals surface area contributed by atoms with Gasteiger partial charge in [0, 0.05) is 42.8 Å². The van der Waals surface area contributed by atoms with Gasteiger partial charge in [-0.3, -0.25) is 29.5 Å². The third-order valence-corrected chi connectivity index (χ3v) is 5.81. The molecule has 0 saturated carbocycles. The van der Waals surface area contributed by atoms with Gasteiger partial charge in [-0.05, 0) is 41.8 Å². The molecule has 0 spiro atoms. The number of carbonyl (C=O) groups is 4. The summed E-state index contributed by atoms with van der Waals surface area (Å²) in [6.07, 6.45) is 0.741. The van der Waals surface area contributed by atoms with Crippen molar-refractivity contribution in [2.75, 3.05) is 12.4 Å². The molecule has 2 heterocycles. The van der Waals surface area contributed by atoms with Crippen LogP contribution in [0.5, 0.6) is 0 Å². The van der Waals surface area contributed by atoms with Gasteiger partial charge in [0.05, 0.1) is 6.04 Å². The Morgan fingerprint density at radius 1 is 1.16 bits per heavy atom. The minimum absolute atomic E-state index is 0.263. The lowest BCUT2D eigenvalue weighted by atomic mass is 10.0. The van der Waals surface area contributed by atoms with Gasteiger partial charge in [0.1, 0.15) is 0 Å². The average Bonchev–Trinajstić information content (AvgIpc) is 3.16. The summed E-state index contributed by atoms with van der Waals surface area (Å²) in [6.45, 7) is 0.897. The average molecular weight is 441 g/mol. The van der Waals surface area contributed by atoms with Crippen LogP contribution < -0.4 is 10.6 Å². The number of hydrogen-bond donors (Lipinski definition) is 2. The number of nitrogens with zero attached hydrogens (tertiary/aromatic N) is 2. The van der Waals surface area contributed by atoms with Gasteiger partial charge in [0.15, 0.2) is 0 Å². The van der Waals surface area contributed by atoms with Crippen molar-refractivity contribution in [3.8, 4) is 0 Å². The van der Waals surface area contributed by atoms with Gasteiger partial charge in [0.2, 0.25) is 11.8 Å². The van der Waals surface area contributed by atoms with Gasteiger partial charge < -0.3 is 5.32 Å². The fraction of sp³-hybridized carbons (Fsp3) is 0.273. The Hall–Kier alpha value is -3.23. The van der Waals surface area contributed by atoms with E-state index in [0.717, 1.165) is 16.0 Å². The minimum atomic E-state index is -0.579. The summed E-state index contributed by atoms with van der Waals surface area (Å²) in [5.41, 5.74) is 2.62. The maximum atomic E-state index is 13.1. The first-order chi connectivity index (χ1) is 14.8. The van der Waals surface area contributed by atoms with E-state index in [9.17, 15) is 19.2 Å². The van der Waals surface area contributed by atoms with Gasteiger partial charge in [-0.25, -0.2) is 4.79 Å². The van der Waals surface area contributed by atoms with Crippen molar-refractivity contribution in [2.45, 2.75) is 32.0 Å². The molecule has 5 amide bonds. The Morgan fingerprint density at radius 3 is 2.68 bits per heavy atom. The SMILES string of the molecule is CN(C(=O)Nc1cccc(Cl)c1)C(=O)c1cccc2c1CN(C1CCC(=O)NC1=O)C2. The highest BCUT2D eigenvalue weighted by atomic mass is 35.5. The number of benzene rings is 2. The predicted molar refractivity (Wildman–Crippen MR) is 114 cm³/mol. The molecule has 2 aliphatic heterocycles. The summed E-state index contributed by atoms with van der Waals surface area (Å²) >= 11 is 5.94. The van der Waals surface area contributed by atoms with E-state index in [1.165, 1.54) is 7.05 Å². The molecule has 1 atom stereocenters. The summed E-state index contributed by atoms with van der Waals surface area (Å²) in [5.74, 6) is -1.02. The zero-order valence-corrected chi connectivity index (χ0v) is 17.6. The van der Waals surface area contributed by atoms with Crippen LogP contribution in [0, 0.1) is 0 Å². The fourth-order valence-corrected chi connectivity index (χ4v) is 4.14. The van der Waals surface area contributed by atoms with Crippen LogP contribution in [0.1, 0.15) is 34.3 Å². The molecule has 1 unspecified atom stereocenters. The molecule has 0 aliphatic carbocycles. The van der Waals surface area contributed by atoms with Crippen LogP contribution in [0.3, 0.4) is 0 Å². The van der Waals surface area contributed by atoms with Crippen LogP contribution in [-0.2, 0) is 22.7 Å². The summed E-state index contributed by atoms with van der Waals surface area (Å²) < 4.78 is 0. The number of nitrogens with one attached hydrogen (secondary N) is 2. The Balaban J connectivity index is 1.50. The predicted octanol–water partition coefficient (Wildman–Crippen LogP) is 2.76. The van der Waals surface area contributed by atoms with Crippen molar-refractivity contribution in [2.24, 2.45) is 0 Å². The van der Waals surface area contributed by atoms with Crippen LogP contribution in [0.4, 0.5) is 10.5 Å². The molecule has 31 heavy (non-hydrogen) atoms. The van der Waals surface area contributed by atoms with Crippen molar-refractivity contribution in [3.05, 3.63) is 64.2 Å². The van der Waals surface area contributed by atoms with Crippen molar-refractivity contribution >= 4 is 41.0 Å². The molecule has 4 rings (SSSR count). The maximum Gasteiger partial charge on any atom is 0.328 e. The van der Waals surface area contributed by atoms with E-state index in [0.29, 0.717) is 42.2 Å². The Bertz CT molecular complexity index is 1090. The molecule has 0 radical (unpaired) electrons. The van der Waals surface area contributed by atoms with Crippen LogP contribution in [-0.4, -0.2) is 46.6 Å². The highest BCUT2D eigenvalue weighted by Gasteiger charge is 2.36. The summed E-state index contributed by atoms with van der Waals surface area (Å²) in [4.78, 5) is 52.3. The lowest BCUT2D eigenvalue weighted by Crippen LogP contribution is -2.50. The minimum Gasteiger partial charge on any atom is -0.307 e. The van der Waals surface area contributed by atoms with Gasteiger partial charge in [0.25, 0.3) is 5.91 Å². The first-order valence-corrected chi connectivity index (χ1v) is 10.2. The number of fused-ring (bicyclic) bond motifs is 1. The quantitative estimate of drug-likeness (QED) is 0.715. The zero-order chi connectivity index (χ0) is 22.1. The number of anilines is 1. The molecule has 8 nitrogen and oxygen atoms in total. The third kappa shape index (κ3) is 4.30. The van der Waals surface area contributed by atoms with Crippen LogP contribution in [0.2, 0.25) is 5.02 Å². The van der Waals surface area contributed by atoms with Crippen LogP contribution in [0.25, 0.3) is 0 Å². The standard InChI is InChI=1S/C22H21ClN4O4/c1-26(22(31)24-15-6-3-5-14(23)10-15)21(30)16-7-2-4-13-11-27(12-17(13)16)18-8-9-19(28)25-20(18)29/h2-7,10,18H,8-9,11-12H2,1H3,(H,24,31)(H,25,28,29). The highest BCUT2D eigenvalue weighted by Crippen LogP contribution is 2.30. The number of piperidine rings is 1. The molecule has 2 aromatic carbocycles. The number of rotatable bonds is 3. The normalized spacial score (nSPS) is 18.3. The molecule has 160 valence electrons. The Labute approximate surface area is 184 Å². The van der Waals surface area contributed by atoms with E-state index in [2.05, 4.69) is 10.6 Å². The highest BCUT2D eigenvalue weighted by molar-refractivity contribution is 6.30. The van der Waals surface area contributed by atoms with E-state index >= 15 is 0 Å². The first kappa shape index (κ1) is 21.0. The van der Waals surface area contributed by atoms with Crippen molar-refractivity contribution in [3.63, 3.8) is 0 Å². The second-order valence-corrected chi connectivity index (χ2v) is 8.06. The van der Waals surface area contributed by atoms with Crippen molar-refractivity contribution < 1.29 is 19.2 Å². The molecule has 1 fully saturated rings. The third-order valence-electron chi connectivity index (χ3n) is 5.57. The number of imide groups is 2. The summed E-state index contributed by atoms with van der Waals surface area (Å²) in [5, 5.41) is 5.50. The van der Waals surface area contributed by atoms with E-state index < -0.39 is 18.0 Å². The number of amides is 5. The molecular formula is C22H21ClN4O4. The molecule has 0 bridgehead atoms. The van der Waals surface area contributed by atoms with Crippen LogP contribution >= 0.6 is 11.6 Å². The summed E-state index contributed by atoms with van der Waals surface area (Å²) in [6, 6.07) is 11.0. The molecule has 2 aliphatic rings. The number of halogens is 1. The maximum absolute atomic E-state index is 13.1. The van der Waals surface area contributed by atoms with Crippen LogP contribution in [0.15, 0.2) is 42.5 Å². The second-order valence-electron chi connectivity index (χ2n) is 7.62. The molecule has 0 aromatic heterocycles. The zero-order valence-electron chi connectivity index (χ0n) is 16.9. The summed E-state index contributed by atoms with van der Waals surface area (Å²) in [7, 11) is 1.41.